The molecule has 2 aliphatic heterocycles. The van der Waals surface area contributed by atoms with E-state index in [2.05, 4.69) is 59.5 Å². The average Bonchev–Trinajstić information content (AvgIpc) is 3.47. The molecule has 0 bridgehead atoms. The Morgan fingerprint density at radius 2 is 1.32 bits per heavy atom. The van der Waals surface area contributed by atoms with Crippen LogP contribution >= 0.6 is 0 Å². The topological polar surface area (TPSA) is 24.6 Å². The molecule has 5 rings (SSSR count). The van der Waals surface area contributed by atoms with Gasteiger partial charge in [-0.25, -0.2) is 0 Å². The summed E-state index contributed by atoms with van der Waals surface area (Å²) >= 11 is 0. The van der Waals surface area contributed by atoms with Gasteiger partial charge in [-0.15, -0.1) is 0 Å². The number of methoxy groups -OCH3 is 1. The molecular formula is C28H36N2O. The first kappa shape index (κ1) is 20.8. The molecule has 1 saturated heterocycles. The van der Waals surface area contributed by atoms with Gasteiger partial charge in [-0.1, -0.05) is 87.4 Å². The second kappa shape index (κ2) is 9.16. The van der Waals surface area contributed by atoms with E-state index in [0.29, 0.717) is 12.1 Å². The number of nitrogens with zero attached hydrogens (tertiary/aromatic N) is 2. The second-order valence-corrected chi connectivity index (χ2v) is 9.60. The molecule has 1 aliphatic carbocycles. The van der Waals surface area contributed by atoms with Crippen LogP contribution in [0, 0.1) is 0 Å². The summed E-state index contributed by atoms with van der Waals surface area (Å²) < 4.78 is 5.40. The van der Waals surface area contributed by atoms with E-state index >= 15 is 0 Å². The van der Waals surface area contributed by atoms with Crippen molar-refractivity contribution >= 4 is 5.71 Å². The molecule has 1 saturated carbocycles. The zero-order valence-electron chi connectivity index (χ0n) is 18.9. The fourth-order valence-corrected chi connectivity index (χ4v) is 5.92. The molecule has 2 fully saturated rings. The zero-order valence-corrected chi connectivity index (χ0v) is 18.9. The Morgan fingerprint density at radius 3 is 1.90 bits per heavy atom. The lowest BCUT2D eigenvalue weighted by Crippen LogP contribution is -2.34. The number of ether oxygens (including phenoxy) is 1. The van der Waals surface area contributed by atoms with Crippen molar-refractivity contribution in [2.24, 2.45) is 4.99 Å². The largest absolute Gasteiger partial charge is 0.497 e. The molecule has 2 heterocycles. The van der Waals surface area contributed by atoms with E-state index in [1.807, 2.05) is 0 Å². The van der Waals surface area contributed by atoms with Crippen LogP contribution in [-0.2, 0) is 0 Å². The van der Waals surface area contributed by atoms with Crippen LogP contribution in [0.3, 0.4) is 0 Å². The Labute approximate surface area is 187 Å². The van der Waals surface area contributed by atoms with Crippen molar-refractivity contribution in [3.8, 4) is 5.75 Å². The number of benzene rings is 2. The summed E-state index contributed by atoms with van der Waals surface area (Å²) in [7, 11) is 1.74. The molecule has 1 unspecified atom stereocenters. The van der Waals surface area contributed by atoms with Gasteiger partial charge in [0.25, 0.3) is 0 Å². The predicted molar refractivity (Wildman–Crippen MR) is 128 cm³/mol. The summed E-state index contributed by atoms with van der Waals surface area (Å²) in [6.07, 6.45) is 14.7. The van der Waals surface area contributed by atoms with Crippen LogP contribution < -0.4 is 4.74 Å². The molecule has 0 N–H and O–H groups in total. The van der Waals surface area contributed by atoms with Crippen LogP contribution in [0.4, 0.5) is 0 Å². The lowest BCUT2D eigenvalue weighted by Gasteiger charge is -2.31. The van der Waals surface area contributed by atoms with Crippen LogP contribution in [0.2, 0.25) is 0 Å². The Balaban J connectivity index is 1.47. The summed E-state index contributed by atoms with van der Waals surface area (Å²) in [5.41, 5.74) is 4.00. The third-order valence-corrected chi connectivity index (χ3v) is 7.58. The molecule has 3 nitrogen and oxygen atoms in total. The fraction of sp³-hybridized carbons (Fsp3) is 0.536. The first-order chi connectivity index (χ1) is 15.3. The van der Waals surface area contributed by atoms with E-state index in [-0.39, 0.29) is 5.66 Å². The Hall–Kier alpha value is -2.13. The highest BCUT2D eigenvalue weighted by atomic mass is 16.5. The molecule has 2 aromatic rings. The van der Waals surface area contributed by atoms with Crippen molar-refractivity contribution in [1.29, 1.82) is 0 Å². The smallest absolute Gasteiger partial charge is 0.118 e. The van der Waals surface area contributed by atoms with Gasteiger partial charge in [-0.05, 0) is 48.9 Å². The molecule has 1 spiro atoms. The van der Waals surface area contributed by atoms with Gasteiger partial charge >= 0.3 is 0 Å². The van der Waals surface area contributed by atoms with Crippen LogP contribution in [0.1, 0.15) is 87.8 Å². The minimum atomic E-state index is -0.0143. The molecule has 0 aromatic heterocycles. The maximum Gasteiger partial charge on any atom is 0.118 e. The van der Waals surface area contributed by atoms with Gasteiger partial charge in [0, 0.05) is 0 Å². The summed E-state index contributed by atoms with van der Waals surface area (Å²) in [6, 6.07) is 20.5. The van der Waals surface area contributed by atoms with Crippen molar-refractivity contribution in [2.45, 2.75) is 88.4 Å². The van der Waals surface area contributed by atoms with Crippen LogP contribution in [-0.4, -0.2) is 29.4 Å². The summed E-state index contributed by atoms with van der Waals surface area (Å²) in [4.78, 5) is 8.29. The van der Waals surface area contributed by atoms with E-state index in [1.165, 1.54) is 87.5 Å². The number of fused-ring (bicyclic) bond motifs is 2. The van der Waals surface area contributed by atoms with Crippen molar-refractivity contribution in [1.82, 2.24) is 4.90 Å². The second-order valence-electron chi connectivity index (χ2n) is 9.60. The van der Waals surface area contributed by atoms with Crippen molar-refractivity contribution in [2.75, 3.05) is 7.11 Å². The highest BCUT2D eigenvalue weighted by Crippen LogP contribution is 2.58. The lowest BCUT2D eigenvalue weighted by atomic mass is 9.92. The molecule has 164 valence electrons. The van der Waals surface area contributed by atoms with Crippen LogP contribution in [0.15, 0.2) is 59.6 Å². The van der Waals surface area contributed by atoms with Gasteiger partial charge in [0.15, 0.2) is 0 Å². The number of hydrogen-bond acceptors (Lipinski definition) is 3. The Kier molecular flexibility index (Phi) is 6.13. The zero-order chi connectivity index (χ0) is 21.1. The first-order valence-corrected chi connectivity index (χ1v) is 12.4. The van der Waals surface area contributed by atoms with Gasteiger partial charge in [-0.2, -0.15) is 0 Å². The molecular weight excluding hydrogens is 380 g/mol. The third-order valence-electron chi connectivity index (χ3n) is 7.58. The fourth-order valence-electron chi connectivity index (χ4n) is 5.92. The van der Waals surface area contributed by atoms with E-state index in [0.717, 1.165) is 5.75 Å². The van der Waals surface area contributed by atoms with Crippen molar-refractivity contribution in [3.63, 3.8) is 0 Å². The minimum absolute atomic E-state index is 0.0143. The third kappa shape index (κ3) is 4.17. The van der Waals surface area contributed by atoms with Gasteiger partial charge in [0.1, 0.15) is 11.4 Å². The normalized spacial score (nSPS) is 28.2. The number of rotatable bonds is 3. The Morgan fingerprint density at radius 1 is 0.742 bits per heavy atom. The SMILES string of the molecule is COc1ccc([C@H]2[C@@H]3C(c4ccccc4)=NC4(CCCCCCCCCCC4)N32)cc1. The van der Waals surface area contributed by atoms with Gasteiger partial charge < -0.3 is 4.74 Å². The molecule has 3 aliphatic rings. The highest BCUT2D eigenvalue weighted by molar-refractivity contribution is 6.08. The maximum absolute atomic E-state index is 5.54. The predicted octanol–water partition coefficient (Wildman–Crippen LogP) is 6.92. The Bertz CT molecular complexity index is 877. The standard InChI is InChI=1S/C28H36N2O/c1-31-24-18-16-23(17-19-24)26-27-25(22-14-10-9-11-15-22)29-28(30(26)27)20-12-7-5-3-2-4-6-8-13-21-28/h9-11,14-19,26-27H,2-8,12-13,20-21H2,1H3/t26-,27-,30?/m0/s1. The summed E-state index contributed by atoms with van der Waals surface area (Å²) in [6.45, 7) is 0. The lowest BCUT2D eigenvalue weighted by molar-refractivity contribution is 0.182. The molecule has 2 aromatic carbocycles. The minimum Gasteiger partial charge on any atom is -0.497 e. The molecule has 31 heavy (non-hydrogen) atoms. The van der Waals surface area contributed by atoms with E-state index < -0.39 is 0 Å². The quantitative estimate of drug-likeness (QED) is 0.507. The molecule has 3 heteroatoms. The molecule has 0 amide bonds. The van der Waals surface area contributed by atoms with Gasteiger partial charge in [0.05, 0.1) is 24.9 Å². The summed E-state index contributed by atoms with van der Waals surface area (Å²) in [5.74, 6) is 0.933. The van der Waals surface area contributed by atoms with Crippen LogP contribution in [0.5, 0.6) is 5.75 Å². The van der Waals surface area contributed by atoms with E-state index in [9.17, 15) is 0 Å². The van der Waals surface area contributed by atoms with E-state index in [1.54, 1.807) is 7.11 Å². The summed E-state index contributed by atoms with van der Waals surface area (Å²) in [5, 5.41) is 0. The van der Waals surface area contributed by atoms with Crippen molar-refractivity contribution < 1.29 is 4.74 Å². The maximum atomic E-state index is 5.54. The molecule has 0 radical (unpaired) electrons. The van der Waals surface area contributed by atoms with Crippen molar-refractivity contribution in [3.05, 3.63) is 65.7 Å². The average molecular weight is 417 g/mol. The van der Waals surface area contributed by atoms with Gasteiger partial charge in [0.2, 0.25) is 0 Å². The van der Waals surface area contributed by atoms with Gasteiger partial charge in [-0.3, -0.25) is 9.89 Å². The number of hydrogen-bond donors (Lipinski definition) is 0. The monoisotopic (exact) mass is 416 g/mol. The van der Waals surface area contributed by atoms with Crippen LogP contribution in [0.25, 0.3) is 0 Å². The first-order valence-electron chi connectivity index (χ1n) is 12.4. The van der Waals surface area contributed by atoms with E-state index in [4.69, 9.17) is 9.73 Å². The highest BCUT2D eigenvalue weighted by Gasteiger charge is 2.64. The molecule has 3 atom stereocenters. The number of aliphatic imine (C=N–C) groups is 1.